The maximum absolute atomic E-state index is 12.4. The number of nitrogens with zero attached hydrogens (tertiary/aromatic N) is 1. The highest BCUT2D eigenvalue weighted by atomic mass is 16.6. The lowest BCUT2D eigenvalue weighted by Crippen LogP contribution is -2.15. The lowest BCUT2D eigenvalue weighted by Gasteiger charge is -2.09. The molecule has 3 rings (SSSR count). The molecule has 0 unspecified atom stereocenters. The second-order valence-corrected chi connectivity index (χ2v) is 5.64. The normalized spacial score (nSPS) is 10.5. The van der Waals surface area contributed by atoms with Crippen molar-refractivity contribution < 1.29 is 9.72 Å². The predicted molar refractivity (Wildman–Crippen MR) is 94.1 cm³/mol. The summed E-state index contributed by atoms with van der Waals surface area (Å²) in [5, 5.41) is 15.9. The van der Waals surface area contributed by atoms with Gasteiger partial charge in [0.1, 0.15) is 5.69 Å². The van der Waals surface area contributed by atoms with Crippen LogP contribution in [0.4, 0.5) is 11.4 Å². The van der Waals surface area contributed by atoms with E-state index in [1.54, 1.807) is 19.1 Å². The lowest BCUT2D eigenvalue weighted by molar-refractivity contribution is -0.384. The van der Waals surface area contributed by atoms with Crippen molar-refractivity contribution in [2.24, 2.45) is 0 Å². The van der Waals surface area contributed by atoms with Gasteiger partial charge in [-0.25, -0.2) is 0 Å². The van der Waals surface area contributed by atoms with Gasteiger partial charge in [0.2, 0.25) is 5.91 Å². The van der Waals surface area contributed by atoms with E-state index in [9.17, 15) is 14.9 Å². The summed E-state index contributed by atoms with van der Waals surface area (Å²) in [5.74, 6) is -0.279. The van der Waals surface area contributed by atoms with Gasteiger partial charge in [0.15, 0.2) is 0 Å². The first-order valence-corrected chi connectivity index (χ1v) is 7.56. The molecule has 120 valence electrons. The fraction of sp³-hybridized carbons (Fsp3) is 0.105. The number of hydrogen-bond acceptors (Lipinski definition) is 3. The van der Waals surface area contributed by atoms with E-state index in [2.05, 4.69) is 5.32 Å². The predicted octanol–water partition coefficient (Wildman–Crippen LogP) is 4.24. The minimum absolute atomic E-state index is 0.0960. The molecule has 3 aromatic carbocycles. The Balaban J connectivity index is 1.85. The van der Waals surface area contributed by atoms with Crippen LogP contribution in [0.2, 0.25) is 0 Å². The Morgan fingerprint density at radius 1 is 1.08 bits per heavy atom. The Labute approximate surface area is 139 Å². The van der Waals surface area contributed by atoms with Crippen LogP contribution >= 0.6 is 0 Å². The minimum atomic E-state index is -0.486. The molecule has 5 heteroatoms. The van der Waals surface area contributed by atoms with Gasteiger partial charge < -0.3 is 5.32 Å². The molecule has 24 heavy (non-hydrogen) atoms. The van der Waals surface area contributed by atoms with E-state index in [1.807, 2.05) is 42.5 Å². The van der Waals surface area contributed by atoms with Gasteiger partial charge in [-0.1, -0.05) is 48.5 Å². The smallest absolute Gasteiger partial charge is 0.293 e. The van der Waals surface area contributed by atoms with Crippen LogP contribution in [-0.4, -0.2) is 10.8 Å². The summed E-state index contributed by atoms with van der Waals surface area (Å²) in [7, 11) is 0. The third-order valence-corrected chi connectivity index (χ3v) is 3.85. The van der Waals surface area contributed by atoms with E-state index in [0.29, 0.717) is 0 Å². The molecule has 0 heterocycles. The quantitative estimate of drug-likeness (QED) is 0.577. The summed E-state index contributed by atoms with van der Waals surface area (Å²) in [6.07, 6.45) is 0.159. The van der Waals surface area contributed by atoms with Crippen LogP contribution in [0.3, 0.4) is 0 Å². The largest absolute Gasteiger partial charge is 0.320 e. The number of nitro groups is 1. The number of aryl methyl sites for hydroxylation is 1. The summed E-state index contributed by atoms with van der Waals surface area (Å²) in [4.78, 5) is 23.0. The van der Waals surface area contributed by atoms with Gasteiger partial charge in [-0.05, 0) is 34.9 Å². The highest BCUT2D eigenvalue weighted by Gasteiger charge is 2.16. The molecule has 0 spiro atoms. The average molecular weight is 320 g/mol. The molecule has 3 aromatic rings. The molecule has 0 fully saturated rings. The molecule has 0 aromatic heterocycles. The topological polar surface area (TPSA) is 72.2 Å². The van der Waals surface area contributed by atoms with Crippen LogP contribution < -0.4 is 5.32 Å². The standard InChI is InChI=1S/C19H16N2O3/c1-13-9-10-17(18(11-13)21(23)24)20-19(22)12-15-7-4-6-14-5-2-3-8-16(14)15/h2-11H,12H2,1H3,(H,20,22). The van der Waals surface area contributed by atoms with Crippen molar-refractivity contribution in [3.63, 3.8) is 0 Å². The first-order chi connectivity index (χ1) is 11.5. The number of benzene rings is 3. The molecule has 0 radical (unpaired) electrons. The Kier molecular flexibility index (Phi) is 4.24. The van der Waals surface area contributed by atoms with Crippen molar-refractivity contribution in [3.8, 4) is 0 Å². The van der Waals surface area contributed by atoms with Crippen LogP contribution in [0.15, 0.2) is 60.7 Å². The molecule has 0 aliphatic carbocycles. The summed E-state index contributed by atoms with van der Waals surface area (Å²) in [6.45, 7) is 1.77. The monoisotopic (exact) mass is 320 g/mol. The molecule has 0 saturated carbocycles. The molecule has 0 bridgehead atoms. The Morgan fingerprint density at radius 2 is 1.83 bits per heavy atom. The molecule has 0 atom stereocenters. The van der Waals surface area contributed by atoms with Crippen LogP contribution in [0.1, 0.15) is 11.1 Å². The Bertz CT molecular complexity index is 930. The van der Waals surface area contributed by atoms with Gasteiger partial charge in [0.05, 0.1) is 11.3 Å². The summed E-state index contributed by atoms with van der Waals surface area (Å²) < 4.78 is 0. The molecular weight excluding hydrogens is 304 g/mol. The molecular formula is C19H16N2O3. The first-order valence-electron chi connectivity index (χ1n) is 7.56. The van der Waals surface area contributed by atoms with E-state index in [0.717, 1.165) is 21.9 Å². The Morgan fingerprint density at radius 3 is 2.62 bits per heavy atom. The van der Waals surface area contributed by atoms with Crippen molar-refractivity contribution in [1.82, 2.24) is 0 Å². The third kappa shape index (κ3) is 3.25. The van der Waals surface area contributed by atoms with E-state index >= 15 is 0 Å². The zero-order chi connectivity index (χ0) is 17.1. The van der Waals surface area contributed by atoms with Gasteiger partial charge in [-0.2, -0.15) is 0 Å². The summed E-state index contributed by atoms with van der Waals surface area (Å²) in [5.41, 5.74) is 1.78. The molecule has 5 nitrogen and oxygen atoms in total. The molecule has 0 aliphatic rings. The summed E-state index contributed by atoms with van der Waals surface area (Å²) >= 11 is 0. The fourth-order valence-electron chi connectivity index (χ4n) is 2.71. The van der Waals surface area contributed by atoms with E-state index in [4.69, 9.17) is 0 Å². The van der Waals surface area contributed by atoms with Gasteiger partial charge in [0.25, 0.3) is 5.69 Å². The maximum atomic E-state index is 12.4. The van der Waals surface area contributed by atoms with Crippen molar-refractivity contribution in [2.45, 2.75) is 13.3 Å². The number of hydrogen-bond donors (Lipinski definition) is 1. The highest BCUT2D eigenvalue weighted by molar-refractivity contribution is 5.97. The highest BCUT2D eigenvalue weighted by Crippen LogP contribution is 2.26. The second kappa shape index (κ2) is 6.50. The van der Waals surface area contributed by atoms with Gasteiger partial charge in [0, 0.05) is 6.07 Å². The van der Waals surface area contributed by atoms with E-state index in [1.165, 1.54) is 6.07 Å². The van der Waals surface area contributed by atoms with Crippen molar-refractivity contribution in [2.75, 3.05) is 5.32 Å². The first kappa shape index (κ1) is 15.7. The van der Waals surface area contributed by atoms with Gasteiger partial charge >= 0.3 is 0 Å². The third-order valence-electron chi connectivity index (χ3n) is 3.85. The van der Waals surface area contributed by atoms with E-state index in [-0.39, 0.29) is 23.7 Å². The average Bonchev–Trinajstić information content (AvgIpc) is 2.56. The number of nitrogens with one attached hydrogen (secondary N) is 1. The zero-order valence-corrected chi connectivity index (χ0v) is 13.2. The van der Waals surface area contributed by atoms with Crippen molar-refractivity contribution in [3.05, 3.63) is 81.9 Å². The number of nitro benzene ring substituents is 1. The number of carbonyl (C=O) groups is 1. The zero-order valence-electron chi connectivity index (χ0n) is 13.2. The lowest BCUT2D eigenvalue weighted by atomic mass is 10.0. The van der Waals surface area contributed by atoms with Crippen LogP contribution in [0, 0.1) is 17.0 Å². The van der Waals surface area contributed by atoms with Crippen molar-refractivity contribution >= 4 is 28.1 Å². The SMILES string of the molecule is Cc1ccc(NC(=O)Cc2cccc3ccccc23)c([N+](=O)[O-])c1. The van der Waals surface area contributed by atoms with E-state index < -0.39 is 4.92 Å². The number of carbonyl (C=O) groups excluding carboxylic acids is 1. The molecule has 1 amide bonds. The van der Waals surface area contributed by atoms with Crippen LogP contribution in [0.25, 0.3) is 10.8 Å². The summed E-state index contributed by atoms with van der Waals surface area (Å²) in [6, 6.07) is 18.4. The Hall–Kier alpha value is -3.21. The number of amides is 1. The molecule has 0 aliphatic heterocycles. The minimum Gasteiger partial charge on any atom is -0.320 e. The van der Waals surface area contributed by atoms with Gasteiger partial charge in [-0.3, -0.25) is 14.9 Å². The number of rotatable bonds is 4. The number of fused-ring (bicyclic) bond motifs is 1. The number of anilines is 1. The molecule has 1 N–H and O–H groups in total. The van der Waals surface area contributed by atoms with Crippen molar-refractivity contribution in [1.29, 1.82) is 0 Å². The second-order valence-electron chi connectivity index (χ2n) is 5.64. The molecule has 0 saturated heterocycles. The van der Waals surface area contributed by atoms with Gasteiger partial charge in [-0.15, -0.1) is 0 Å². The van der Waals surface area contributed by atoms with Crippen LogP contribution in [0.5, 0.6) is 0 Å². The fourth-order valence-corrected chi connectivity index (χ4v) is 2.71. The maximum Gasteiger partial charge on any atom is 0.293 e. The van der Waals surface area contributed by atoms with Crippen LogP contribution in [-0.2, 0) is 11.2 Å².